The van der Waals surface area contributed by atoms with Gasteiger partial charge >= 0.3 is 0 Å². The predicted molar refractivity (Wildman–Crippen MR) is 115 cm³/mol. The topological polar surface area (TPSA) is 71.0 Å². The number of anilines is 1. The van der Waals surface area contributed by atoms with Crippen molar-refractivity contribution < 1.29 is 14.3 Å². The fourth-order valence-corrected chi connectivity index (χ4v) is 4.35. The zero-order valence-corrected chi connectivity index (χ0v) is 17.6. The SMILES string of the molecule is Cc1cc2c(cc1C)N(CC(=O)NCC1CCCO1)C(=O)CC(c1cccs1)=N2. The third kappa shape index (κ3) is 4.41. The summed E-state index contributed by atoms with van der Waals surface area (Å²) in [4.78, 5) is 33.1. The van der Waals surface area contributed by atoms with Gasteiger partial charge in [-0.25, -0.2) is 4.99 Å². The molecule has 1 fully saturated rings. The first-order chi connectivity index (χ1) is 14.0. The molecule has 2 aliphatic rings. The number of hydrogen-bond donors (Lipinski definition) is 1. The highest BCUT2D eigenvalue weighted by Crippen LogP contribution is 2.36. The van der Waals surface area contributed by atoms with Crippen molar-refractivity contribution in [3.8, 4) is 0 Å². The Morgan fingerprint density at radius 2 is 2.17 bits per heavy atom. The van der Waals surface area contributed by atoms with Crippen molar-refractivity contribution in [1.82, 2.24) is 5.32 Å². The van der Waals surface area contributed by atoms with Gasteiger partial charge in [-0.05, 0) is 61.4 Å². The molecule has 29 heavy (non-hydrogen) atoms. The van der Waals surface area contributed by atoms with Crippen molar-refractivity contribution in [2.45, 2.75) is 39.2 Å². The van der Waals surface area contributed by atoms with Crippen LogP contribution in [0.25, 0.3) is 0 Å². The van der Waals surface area contributed by atoms with E-state index in [9.17, 15) is 9.59 Å². The number of aryl methyl sites for hydroxylation is 2. The number of ether oxygens (including phenoxy) is 1. The van der Waals surface area contributed by atoms with Crippen molar-refractivity contribution in [2.24, 2.45) is 4.99 Å². The average molecular weight is 412 g/mol. The van der Waals surface area contributed by atoms with Gasteiger partial charge in [0, 0.05) is 18.0 Å². The van der Waals surface area contributed by atoms with Crippen molar-refractivity contribution in [1.29, 1.82) is 0 Å². The highest BCUT2D eigenvalue weighted by Gasteiger charge is 2.28. The first-order valence-corrected chi connectivity index (χ1v) is 10.8. The average Bonchev–Trinajstić information content (AvgIpc) is 3.39. The number of nitrogens with zero attached hydrogens (tertiary/aromatic N) is 2. The van der Waals surface area contributed by atoms with Gasteiger partial charge in [0.1, 0.15) is 6.54 Å². The molecule has 4 rings (SSSR count). The molecule has 1 aromatic carbocycles. The standard InChI is InChI=1S/C22H25N3O3S/c1-14-9-17-19(10-15(14)2)25(13-21(26)23-12-16-5-3-7-28-16)22(27)11-18(24-17)20-6-4-8-29-20/h4,6,8-10,16H,3,5,7,11-13H2,1-2H3,(H,23,26). The van der Waals surface area contributed by atoms with E-state index in [-0.39, 0.29) is 30.9 Å². The maximum atomic E-state index is 13.1. The van der Waals surface area contributed by atoms with E-state index < -0.39 is 0 Å². The van der Waals surface area contributed by atoms with Gasteiger partial charge in [0.15, 0.2) is 0 Å². The molecule has 0 saturated carbocycles. The molecule has 2 aromatic rings. The summed E-state index contributed by atoms with van der Waals surface area (Å²) in [5.74, 6) is -0.302. The Labute approximate surface area is 174 Å². The maximum Gasteiger partial charge on any atom is 0.240 e. The number of thiophene rings is 1. The van der Waals surface area contributed by atoms with Crippen LogP contribution in [0.2, 0.25) is 0 Å². The Balaban J connectivity index is 1.59. The molecule has 6 nitrogen and oxygen atoms in total. The normalized spacial score (nSPS) is 19.0. The van der Waals surface area contributed by atoms with E-state index in [0.717, 1.165) is 46.9 Å². The quantitative estimate of drug-likeness (QED) is 0.818. The first kappa shape index (κ1) is 19.8. The number of nitrogens with one attached hydrogen (secondary N) is 1. The predicted octanol–water partition coefficient (Wildman–Crippen LogP) is 3.52. The molecule has 1 atom stereocenters. The summed E-state index contributed by atoms with van der Waals surface area (Å²) in [6.07, 6.45) is 2.24. The van der Waals surface area contributed by atoms with Crippen LogP contribution in [0.3, 0.4) is 0 Å². The lowest BCUT2D eigenvalue weighted by molar-refractivity contribution is -0.123. The summed E-state index contributed by atoms with van der Waals surface area (Å²) >= 11 is 1.57. The third-order valence-corrected chi connectivity index (χ3v) is 6.33. The molecule has 7 heteroatoms. The monoisotopic (exact) mass is 411 g/mol. The number of carbonyl (C=O) groups excluding carboxylic acids is 2. The van der Waals surface area contributed by atoms with Crippen molar-refractivity contribution in [3.05, 3.63) is 45.6 Å². The number of benzene rings is 1. The Morgan fingerprint density at radius 1 is 1.34 bits per heavy atom. The van der Waals surface area contributed by atoms with Crippen LogP contribution >= 0.6 is 11.3 Å². The van der Waals surface area contributed by atoms with E-state index in [0.29, 0.717) is 12.2 Å². The number of carbonyl (C=O) groups is 2. The number of fused-ring (bicyclic) bond motifs is 1. The molecule has 152 valence electrons. The van der Waals surface area contributed by atoms with Gasteiger partial charge in [0.25, 0.3) is 0 Å². The van der Waals surface area contributed by atoms with Gasteiger partial charge in [0.2, 0.25) is 11.8 Å². The van der Waals surface area contributed by atoms with Gasteiger partial charge in [-0.2, -0.15) is 0 Å². The summed E-state index contributed by atoms with van der Waals surface area (Å²) in [5, 5.41) is 4.89. The Hall–Kier alpha value is -2.51. The minimum Gasteiger partial charge on any atom is -0.376 e. The molecule has 2 aliphatic heterocycles. The van der Waals surface area contributed by atoms with Gasteiger partial charge in [-0.15, -0.1) is 11.3 Å². The minimum atomic E-state index is -0.183. The van der Waals surface area contributed by atoms with Crippen LogP contribution in [-0.4, -0.2) is 43.3 Å². The lowest BCUT2D eigenvalue weighted by Gasteiger charge is -2.23. The molecule has 1 N–H and O–H groups in total. The number of amides is 2. The Kier molecular flexibility index (Phi) is 5.78. The fourth-order valence-electron chi connectivity index (χ4n) is 3.64. The van der Waals surface area contributed by atoms with E-state index in [1.54, 1.807) is 16.2 Å². The van der Waals surface area contributed by atoms with Gasteiger partial charge in [-0.1, -0.05) is 6.07 Å². The van der Waals surface area contributed by atoms with Crippen LogP contribution in [-0.2, 0) is 14.3 Å². The largest absolute Gasteiger partial charge is 0.376 e. The van der Waals surface area contributed by atoms with E-state index in [2.05, 4.69) is 5.32 Å². The summed E-state index contributed by atoms with van der Waals surface area (Å²) < 4.78 is 5.56. The molecule has 0 bridgehead atoms. The van der Waals surface area contributed by atoms with Crippen LogP contribution < -0.4 is 10.2 Å². The molecule has 1 saturated heterocycles. The highest BCUT2D eigenvalue weighted by atomic mass is 32.1. The molecule has 0 aliphatic carbocycles. The second-order valence-electron chi connectivity index (χ2n) is 7.56. The van der Waals surface area contributed by atoms with Crippen molar-refractivity contribution in [2.75, 3.05) is 24.6 Å². The first-order valence-electron chi connectivity index (χ1n) is 9.92. The summed E-state index contributed by atoms with van der Waals surface area (Å²) in [6.45, 7) is 5.25. The van der Waals surface area contributed by atoms with Crippen LogP contribution in [0.5, 0.6) is 0 Å². The molecular weight excluding hydrogens is 386 g/mol. The second kappa shape index (κ2) is 8.47. The molecular formula is C22H25N3O3S. The lowest BCUT2D eigenvalue weighted by atomic mass is 10.1. The molecule has 1 unspecified atom stereocenters. The van der Waals surface area contributed by atoms with Gasteiger partial charge < -0.3 is 15.0 Å². The van der Waals surface area contributed by atoms with Crippen LogP contribution in [0.1, 0.15) is 35.3 Å². The molecule has 1 aromatic heterocycles. The highest BCUT2D eigenvalue weighted by molar-refractivity contribution is 7.12. The molecule has 2 amide bonds. The molecule has 3 heterocycles. The smallest absolute Gasteiger partial charge is 0.240 e. The van der Waals surface area contributed by atoms with Crippen molar-refractivity contribution in [3.63, 3.8) is 0 Å². The lowest BCUT2D eigenvalue weighted by Crippen LogP contribution is -2.43. The summed E-state index contributed by atoms with van der Waals surface area (Å²) in [7, 11) is 0. The van der Waals surface area contributed by atoms with E-state index >= 15 is 0 Å². The van der Waals surface area contributed by atoms with E-state index in [1.807, 2.05) is 43.5 Å². The molecule has 0 spiro atoms. The van der Waals surface area contributed by atoms with Gasteiger partial charge in [0.05, 0.1) is 29.6 Å². The number of aliphatic imine (C=N–C) groups is 1. The van der Waals surface area contributed by atoms with Gasteiger partial charge in [-0.3, -0.25) is 9.59 Å². The fraction of sp³-hybridized carbons (Fsp3) is 0.409. The van der Waals surface area contributed by atoms with Crippen LogP contribution in [0.4, 0.5) is 11.4 Å². The molecule has 0 radical (unpaired) electrons. The maximum absolute atomic E-state index is 13.1. The van der Waals surface area contributed by atoms with E-state index in [4.69, 9.17) is 9.73 Å². The van der Waals surface area contributed by atoms with Crippen molar-refractivity contribution >= 4 is 40.2 Å². The number of rotatable bonds is 5. The Bertz CT molecular complexity index is 946. The zero-order chi connectivity index (χ0) is 20.4. The van der Waals surface area contributed by atoms with Crippen LogP contribution in [0.15, 0.2) is 34.6 Å². The third-order valence-electron chi connectivity index (χ3n) is 5.42. The Morgan fingerprint density at radius 3 is 2.90 bits per heavy atom. The summed E-state index contributed by atoms with van der Waals surface area (Å²) in [5.41, 5.74) is 4.34. The summed E-state index contributed by atoms with van der Waals surface area (Å²) in [6, 6.07) is 7.88. The zero-order valence-electron chi connectivity index (χ0n) is 16.7. The minimum absolute atomic E-state index is 0.0195. The number of hydrogen-bond acceptors (Lipinski definition) is 5. The van der Waals surface area contributed by atoms with E-state index in [1.165, 1.54) is 0 Å². The van der Waals surface area contributed by atoms with Crippen LogP contribution in [0, 0.1) is 13.8 Å². The second-order valence-corrected chi connectivity index (χ2v) is 8.50.